The van der Waals surface area contributed by atoms with Crippen LogP contribution in [0.5, 0.6) is 5.75 Å². The van der Waals surface area contributed by atoms with Crippen molar-refractivity contribution in [3.8, 4) is 17.0 Å². The fraction of sp³-hybridized carbons (Fsp3) is 0.286. The molecule has 1 saturated heterocycles. The Balaban J connectivity index is 1.48. The highest BCUT2D eigenvalue weighted by atomic mass is 16.3. The van der Waals surface area contributed by atoms with Gasteiger partial charge in [0.2, 0.25) is 0 Å². The van der Waals surface area contributed by atoms with Gasteiger partial charge in [-0.05, 0) is 67.6 Å². The van der Waals surface area contributed by atoms with Gasteiger partial charge in [0.15, 0.2) is 5.82 Å². The van der Waals surface area contributed by atoms with Gasteiger partial charge in [-0.15, -0.1) is 0 Å². The average molecular weight is 348 g/mol. The molecule has 0 unspecified atom stereocenters. The zero-order valence-electron chi connectivity index (χ0n) is 15.0. The molecule has 2 aromatic carbocycles. The van der Waals surface area contributed by atoms with Crippen molar-refractivity contribution < 1.29 is 5.11 Å². The van der Waals surface area contributed by atoms with E-state index in [0.29, 0.717) is 0 Å². The molecule has 2 heterocycles. The molecule has 0 atom stereocenters. The molecule has 0 saturated carbocycles. The maximum absolute atomic E-state index is 9.52. The Kier molecular flexibility index (Phi) is 4.52. The second kappa shape index (κ2) is 7.12. The summed E-state index contributed by atoms with van der Waals surface area (Å²) in [5.41, 5.74) is 5.30. The van der Waals surface area contributed by atoms with Crippen molar-refractivity contribution in [2.24, 2.45) is 0 Å². The van der Waals surface area contributed by atoms with Gasteiger partial charge in [0.25, 0.3) is 0 Å². The highest BCUT2D eigenvalue weighted by molar-refractivity contribution is 5.69. The fourth-order valence-corrected chi connectivity index (χ4v) is 3.46. The second-order valence-electron chi connectivity index (χ2n) is 6.89. The standard InChI is InChI=1S/C21H24N4O/c1-15-13-18(26)9-10-19(15)22-21-14-20(23-24-21)16-5-7-17(8-6-16)25-11-3-2-4-12-25/h5-10,13-14,26H,2-4,11-12H2,1H3,(H2,22,23,24). The molecular weight excluding hydrogens is 324 g/mol. The molecular formula is C21H24N4O. The number of aryl methyl sites for hydroxylation is 1. The van der Waals surface area contributed by atoms with Crippen LogP contribution in [0.3, 0.4) is 0 Å². The molecule has 0 aliphatic carbocycles. The highest BCUT2D eigenvalue weighted by Gasteiger charge is 2.11. The lowest BCUT2D eigenvalue weighted by Crippen LogP contribution is -2.29. The van der Waals surface area contributed by atoms with E-state index >= 15 is 0 Å². The molecule has 0 bridgehead atoms. The van der Waals surface area contributed by atoms with Gasteiger partial charge < -0.3 is 15.3 Å². The van der Waals surface area contributed by atoms with E-state index in [4.69, 9.17) is 0 Å². The van der Waals surface area contributed by atoms with Crippen LogP contribution in [-0.4, -0.2) is 28.4 Å². The Morgan fingerprint density at radius 3 is 2.50 bits per heavy atom. The minimum atomic E-state index is 0.268. The maximum Gasteiger partial charge on any atom is 0.152 e. The van der Waals surface area contributed by atoms with Crippen molar-refractivity contribution in [2.45, 2.75) is 26.2 Å². The second-order valence-corrected chi connectivity index (χ2v) is 6.89. The number of nitrogens with one attached hydrogen (secondary N) is 2. The Labute approximate surface area is 153 Å². The van der Waals surface area contributed by atoms with Gasteiger partial charge in [0.1, 0.15) is 5.75 Å². The van der Waals surface area contributed by atoms with Crippen molar-refractivity contribution in [1.82, 2.24) is 10.2 Å². The summed E-state index contributed by atoms with van der Waals surface area (Å²) in [5, 5.41) is 20.3. The van der Waals surface area contributed by atoms with E-state index < -0.39 is 0 Å². The summed E-state index contributed by atoms with van der Waals surface area (Å²) < 4.78 is 0. The summed E-state index contributed by atoms with van der Waals surface area (Å²) in [6.07, 6.45) is 3.92. The van der Waals surface area contributed by atoms with Crippen LogP contribution in [0.4, 0.5) is 17.2 Å². The van der Waals surface area contributed by atoms with Gasteiger partial charge in [0, 0.05) is 30.5 Å². The van der Waals surface area contributed by atoms with E-state index in [1.807, 2.05) is 19.1 Å². The SMILES string of the molecule is Cc1cc(O)ccc1Nc1cc(-c2ccc(N3CCCCC3)cc2)[nH]n1. The summed E-state index contributed by atoms with van der Waals surface area (Å²) in [7, 11) is 0. The van der Waals surface area contributed by atoms with E-state index in [1.165, 1.54) is 24.9 Å². The van der Waals surface area contributed by atoms with Gasteiger partial charge in [-0.2, -0.15) is 5.10 Å². The molecule has 0 radical (unpaired) electrons. The third-order valence-electron chi connectivity index (χ3n) is 4.95. The van der Waals surface area contributed by atoms with E-state index in [-0.39, 0.29) is 5.75 Å². The molecule has 1 aromatic heterocycles. The summed E-state index contributed by atoms with van der Waals surface area (Å²) in [6.45, 7) is 4.27. The number of phenols is 1. The zero-order valence-corrected chi connectivity index (χ0v) is 15.0. The zero-order chi connectivity index (χ0) is 17.9. The first kappa shape index (κ1) is 16.5. The number of aromatic amines is 1. The van der Waals surface area contributed by atoms with E-state index in [1.54, 1.807) is 12.1 Å². The molecule has 3 N–H and O–H groups in total. The van der Waals surface area contributed by atoms with Gasteiger partial charge in [-0.25, -0.2) is 0 Å². The molecule has 0 amide bonds. The Morgan fingerprint density at radius 1 is 1.00 bits per heavy atom. The number of hydrogen-bond acceptors (Lipinski definition) is 4. The normalized spacial score (nSPS) is 14.4. The molecule has 1 aliphatic heterocycles. The molecule has 3 aromatic rings. The smallest absolute Gasteiger partial charge is 0.152 e. The molecule has 0 spiro atoms. The van der Waals surface area contributed by atoms with Crippen molar-refractivity contribution in [3.63, 3.8) is 0 Å². The van der Waals surface area contributed by atoms with Crippen LogP contribution in [0.15, 0.2) is 48.5 Å². The number of anilines is 3. The van der Waals surface area contributed by atoms with Gasteiger partial charge in [-0.1, -0.05) is 12.1 Å². The number of H-pyrrole nitrogens is 1. The van der Waals surface area contributed by atoms with Crippen molar-refractivity contribution >= 4 is 17.2 Å². The fourth-order valence-electron chi connectivity index (χ4n) is 3.46. The molecule has 5 nitrogen and oxygen atoms in total. The van der Waals surface area contributed by atoms with Crippen LogP contribution in [0.25, 0.3) is 11.3 Å². The minimum Gasteiger partial charge on any atom is -0.508 e. The third-order valence-corrected chi connectivity index (χ3v) is 4.95. The lowest BCUT2D eigenvalue weighted by Gasteiger charge is -2.28. The predicted molar refractivity (Wildman–Crippen MR) is 106 cm³/mol. The van der Waals surface area contributed by atoms with Crippen LogP contribution in [0, 0.1) is 6.92 Å². The topological polar surface area (TPSA) is 64.2 Å². The average Bonchev–Trinajstić information content (AvgIpc) is 3.14. The van der Waals surface area contributed by atoms with Crippen LogP contribution in [0.1, 0.15) is 24.8 Å². The lowest BCUT2D eigenvalue weighted by molar-refractivity contribution is 0.475. The number of benzene rings is 2. The summed E-state index contributed by atoms with van der Waals surface area (Å²) >= 11 is 0. The Morgan fingerprint density at radius 2 is 1.77 bits per heavy atom. The number of nitrogens with zero attached hydrogens (tertiary/aromatic N) is 2. The van der Waals surface area contributed by atoms with Crippen LogP contribution in [0.2, 0.25) is 0 Å². The monoisotopic (exact) mass is 348 g/mol. The number of piperidine rings is 1. The molecule has 1 fully saturated rings. The molecule has 5 heteroatoms. The van der Waals surface area contributed by atoms with Gasteiger partial charge in [-0.3, -0.25) is 5.10 Å². The van der Waals surface area contributed by atoms with Gasteiger partial charge in [0.05, 0.1) is 5.69 Å². The van der Waals surface area contributed by atoms with E-state index in [2.05, 4.69) is 44.7 Å². The van der Waals surface area contributed by atoms with Crippen LogP contribution >= 0.6 is 0 Å². The number of aromatic nitrogens is 2. The van der Waals surface area contributed by atoms with E-state index in [0.717, 1.165) is 41.4 Å². The molecule has 1 aliphatic rings. The first-order chi connectivity index (χ1) is 12.7. The maximum atomic E-state index is 9.52. The summed E-state index contributed by atoms with van der Waals surface area (Å²) in [6, 6.07) is 15.9. The first-order valence-corrected chi connectivity index (χ1v) is 9.16. The van der Waals surface area contributed by atoms with Crippen LogP contribution in [-0.2, 0) is 0 Å². The largest absolute Gasteiger partial charge is 0.508 e. The van der Waals surface area contributed by atoms with Crippen molar-refractivity contribution in [1.29, 1.82) is 0 Å². The number of hydrogen-bond donors (Lipinski definition) is 3. The Hall–Kier alpha value is -2.95. The summed E-state index contributed by atoms with van der Waals surface area (Å²) in [4.78, 5) is 2.46. The third kappa shape index (κ3) is 3.52. The van der Waals surface area contributed by atoms with Crippen molar-refractivity contribution in [2.75, 3.05) is 23.3 Å². The highest BCUT2D eigenvalue weighted by Crippen LogP contribution is 2.27. The van der Waals surface area contributed by atoms with Crippen LogP contribution < -0.4 is 10.2 Å². The first-order valence-electron chi connectivity index (χ1n) is 9.16. The lowest BCUT2D eigenvalue weighted by atomic mass is 10.1. The van der Waals surface area contributed by atoms with Gasteiger partial charge >= 0.3 is 0 Å². The van der Waals surface area contributed by atoms with Crippen molar-refractivity contribution in [3.05, 3.63) is 54.1 Å². The number of aromatic hydroxyl groups is 1. The van der Waals surface area contributed by atoms with E-state index in [9.17, 15) is 5.11 Å². The minimum absolute atomic E-state index is 0.268. The Bertz CT molecular complexity index is 879. The summed E-state index contributed by atoms with van der Waals surface area (Å²) in [5.74, 6) is 1.03. The quantitative estimate of drug-likeness (QED) is 0.591. The number of rotatable bonds is 4. The molecule has 134 valence electrons. The number of phenolic OH excluding ortho intramolecular Hbond substituents is 1. The molecule has 26 heavy (non-hydrogen) atoms. The predicted octanol–water partition coefficient (Wildman–Crippen LogP) is 4.82. The molecule has 4 rings (SSSR count).